The van der Waals surface area contributed by atoms with E-state index in [0.717, 1.165) is 35.9 Å². The lowest BCUT2D eigenvalue weighted by Gasteiger charge is -2.28. The molecule has 1 fully saturated rings. The second-order valence-electron chi connectivity index (χ2n) is 5.32. The minimum atomic E-state index is -0.278. The molecule has 1 aromatic heterocycles. The van der Waals surface area contributed by atoms with Crippen LogP contribution in [0.3, 0.4) is 0 Å². The lowest BCUT2D eigenvalue weighted by Crippen LogP contribution is -2.38. The molecule has 1 unspecified atom stereocenters. The summed E-state index contributed by atoms with van der Waals surface area (Å²) in [5, 5.41) is 4.18. The zero-order valence-electron chi connectivity index (χ0n) is 11.9. The first-order chi connectivity index (χ1) is 9.58. The molecular weight excluding hydrogens is 340 g/mol. The molecule has 20 heavy (non-hydrogen) atoms. The molecule has 112 valence electrons. The minimum Gasteiger partial charge on any atom is -0.447 e. The maximum absolute atomic E-state index is 11.7. The van der Waals surface area contributed by atoms with Crippen LogP contribution in [0.1, 0.15) is 56.9 Å². The van der Waals surface area contributed by atoms with E-state index in [9.17, 15) is 4.79 Å². The summed E-state index contributed by atoms with van der Waals surface area (Å²) in [5.74, 6) is 0.537. The third-order valence-electron chi connectivity index (χ3n) is 3.78. The fraction of sp³-hybridized carbons (Fsp3) is 0.714. The van der Waals surface area contributed by atoms with Crippen LogP contribution in [0.5, 0.6) is 0 Å². The number of nitrogens with zero attached hydrogens (tertiary/aromatic N) is 1. The maximum atomic E-state index is 11.7. The van der Waals surface area contributed by atoms with E-state index in [2.05, 4.69) is 26.2 Å². The number of nitrogens with one attached hydrogen (secondary N) is 1. The molecule has 0 aliphatic heterocycles. The third-order valence-corrected chi connectivity index (χ3v) is 5.42. The summed E-state index contributed by atoms with van der Waals surface area (Å²) in [6.45, 7) is 3.92. The van der Waals surface area contributed by atoms with Gasteiger partial charge in [-0.1, -0.05) is 6.92 Å². The van der Waals surface area contributed by atoms with Crippen LogP contribution >= 0.6 is 27.3 Å². The van der Waals surface area contributed by atoms with Gasteiger partial charge in [-0.3, -0.25) is 0 Å². The molecule has 0 saturated heterocycles. The van der Waals surface area contributed by atoms with Crippen LogP contribution in [0, 0.1) is 0 Å². The number of rotatable bonds is 4. The minimum absolute atomic E-state index is 0.0148. The first-order valence-electron chi connectivity index (χ1n) is 7.16. The SMILES string of the molecule is CCC(C)OC(=O)N[C@H]1CC[C@H](c2ncc(Br)s2)CC1. The molecule has 1 atom stereocenters. The molecule has 1 amide bonds. The number of ether oxygens (including phenoxy) is 1. The number of carbonyl (C=O) groups is 1. The fourth-order valence-electron chi connectivity index (χ4n) is 2.41. The van der Waals surface area contributed by atoms with Gasteiger partial charge in [-0.15, -0.1) is 11.3 Å². The summed E-state index contributed by atoms with van der Waals surface area (Å²) >= 11 is 5.17. The molecule has 0 spiro atoms. The highest BCUT2D eigenvalue weighted by atomic mass is 79.9. The van der Waals surface area contributed by atoms with Crippen molar-refractivity contribution in [2.45, 2.75) is 64.0 Å². The van der Waals surface area contributed by atoms with Crippen LogP contribution < -0.4 is 5.32 Å². The van der Waals surface area contributed by atoms with Gasteiger partial charge in [0.25, 0.3) is 0 Å². The van der Waals surface area contributed by atoms with Crippen molar-refractivity contribution in [1.82, 2.24) is 10.3 Å². The number of amides is 1. The lowest BCUT2D eigenvalue weighted by molar-refractivity contribution is 0.0993. The van der Waals surface area contributed by atoms with Crippen LogP contribution in [0.2, 0.25) is 0 Å². The van der Waals surface area contributed by atoms with Gasteiger partial charge < -0.3 is 10.1 Å². The Bertz CT molecular complexity index is 444. The molecular formula is C14H21BrN2O2S. The van der Waals surface area contributed by atoms with Crippen molar-refractivity contribution in [2.24, 2.45) is 0 Å². The molecule has 1 aliphatic rings. The Kier molecular flexibility index (Phi) is 5.84. The van der Waals surface area contributed by atoms with Crippen molar-refractivity contribution >= 4 is 33.4 Å². The molecule has 0 aromatic carbocycles. The Morgan fingerprint density at radius 1 is 1.55 bits per heavy atom. The Hall–Kier alpha value is -0.620. The average Bonchev–Trinajstić information content (AvgIpc) is 2.86. The fourth-order valence-corrected chi connectivity index (χ4v) is 3.82. The van der Waals surface area contributed by atoms with E-state index in [1.54, 1.807) is 11.3 Å². The molecule has 0 bridgehead atoms. The van der Waals surface area contributed by atoms with Crippen molar-refractivity contribution in [3.8, 4) is 0 Å². The number of carbonyl (C=O) groups excluding carboxylic acids is 1. The number of thiazole rings is 1. The molecule has 4 nitrogen and oxygen atoms in total. The van der Waals surface area contributed by atoms with E-state index in [1.807, 2.05) is 20.0 Å². The van der Waals surface area contributed by atoms with Gasteiger partial charge in [0.2, 0.25) is 0 Å². The molecule has 1 aromatic rings. The summed E-state index contributed by atoms with van der Waals surface area (Å²) in [6, 6.07) is 0.242. The van der Waals surface area contributed by atoms with Gasteiger partial charge in [0, 0.05) is 12.0 Å². The third kappa shape index (κ3) is 4.45. The number of alkyl carbamates (subject to hydrolysis) is 1. The predicted octanol–water partition coefficient (Wildman–Crippen LogP) is 4.46. The van der Waals surface area contributed by atoms with Gasteiger partial charge in [-0.2, -0.15) is 0 Å². The van der Waals surface area contributed by atoms with E-state index in [1.165, 1.54) is 5.01 Å². The highest BCUT2D eigenvalue weighted by Crippen LogP contribution is 2.36. The van der Waals surface area contributed by atoms with Crippen molar-refractivity contribution in [3.05, 3.63) is 15.0 Å². The summed E-state index contributed by atoms with van der Waals surface area (Å²) in [6.07, 6.45) is 6.57. The Morgan fingerprint density at radius 3 is 2.80 bits per heavy atom. The normalized spacial score (nSPS) is 24.1. The van der Waals surface area contributed by atoms with E-state index < -0.39 is 0 Å². The summed E-state index contributed by atoms with van der Waals surface area (Å²) < 4.78 is 6.34. The molecule has 0 radical (unpaired) electrons. The van der Waals surface area contributed by atoms with Crippen LogP contribution in [0.4, 0.5) is 4.79 Å². The van der Waals surface area contributed by atoms with Gasteiger partial charge in [-0.25, -0.2) is 9.78 Å². The van der Waals surface area contributed by atoms with Crippen LogP contribution in [-0.2, 0) is 4.74 Å². The molecule has 1 saturated carbocycles. The number of halogens is 1. The van der Waals surface area contributed by atoms with Gasteiger partial charge in [-0.05, 0) is 55.0 Å². The van der Waals surface area contributed by atoms with Crippen molar-refractivity contribution in [1.29, 1.82) is 0 Å². The highest BCUT2D eigenvalue weighted by molar-refractivity contribution is 9.11. The zero-order chi connectivity index (χ0) is 14.5. The molecule has 1 heterocycles. The summed E-state index contributed by atoms with van der Waals surface area (Å²) in [5.41, 5.74) is 0. The van der Waals surface area contributed by atoms with Crippen molar-refractivity contribution < 1.29 is 9.53 Å². The summed E-state index contributed by atoms with van der Waals surface area (Å²) in [4.78, 5) is 16.1. The van der Waals surface area contributed by atoms with Gasteiger partial charge >= 0.3 is 6.09 Å². The molecule has 1 N–H and O–H groups in total. The van der Waals surface area contributed by atoms with E-state index in [0.29, 0.717) is 5.92 Å². The monoisotopic (exact) mass is 360 g/mol. The van der Waals surface area contributed by atoms with Crippen LogP contribution in [-0.4, -0.2) is 23.2 Å². The second kappa shape index (κ2) is 7.41. The Labute approximate surface area is 132 Å². The standard InChI is InChI=1S/C14H21BrN2O2S/c1-3-9(2)19-14(18)17-11-6-4-10(5-7-11)13-16-8-12(15)20-13/h8-11H,3-7H2,1-2H3,(H,17,18)/t9?,10-,11-. The van der Waals surface area contributed by atoms with E-state index in [4.69, 9.17) is 4.74 Å². The van der Waals surface area contributed by atoms with Crippen molar-refractivity contribution in [2.75, 3.05) is 0 Å². The topological polar surface area (TPSA) is 51.2 Å². The van der Waals surface area contributed by atoms with E-state index in [-0.39, 0.29) is 18.2 Å². The molecule has 2 rings (SSSR count). The van der Waals surface area contributed by atoms with Crippen LogP contribution in [0.15, 0.2) is 9.98 Å². The first kappa shape index (κ1) is 15.8. The lowest BCUT2D eigenvalue weighted by atomic mass is 9.86. The van der Waals surface area contributed by atoms with Gasteiger partial charge in [0.1, 0.15) is 6.10 Å². The van der Waals surface area contributed by atoms with Gasteiger partial charge in [0.15, 0.2) is 0 Å². The number of hydrogen-bond donors (Lipinski definition) is 1. The maximum Gasteiger partial charge on any atom is 0.407 e. The predicted molar refractivity (Wildman–Crippen MR) is 84.2 cm³/mol. The van der Waals surface area contributed by atoms with Crippen molar-refractivity contribution in [3.63, 3.8) is 0 Å². The Balaban J connectivity index is 1.75. The number of hydrogen-bond acceptors (Lipinski definition) is 4. The summed E-state index contributed by atoms with van der Waals surface area (Å²) in [7, 11) is 0. The second-order valence-corrected chi connectivity index (χ2v) is 7.76. The largest absolute Gasteiger partial charge is 0.447 e. The highest BCUT2D eigenvalue weighted by Gasteiger charge is 2.25. The quantitative estimate of drug-likeness (QED) is 0.862. The molecule has 6 heteroatoms. The van der Waals surface area contributed by atoms with E-state index >= 15 is 0 Å². The first-order valence-corrected chi connectivity index (χ1v) is 8.77. The zero-order valence-corrected chi connectivity index (χ0v) is 14.3. The van der Waals surface area contributed by atoms with Gasteiger partial charge in [0.05, 0.1) is 15.0 Å². The molecule has 1 aliphatic carbocycles. The Morgan fingerprint density at radius 2 is 2.25 bits per heavy atom. The smallest absolute Gasteiger partial charge is 0.407 e. The number of aromatic nitrogens is 1. The van der Waals surface area contributed by atoms with Crippen LogP contribution in [0.25, 0.3) is 0 Å². The average molecular weight is 361 g/mol.